The maximum Gasteiger partial charge on any atom is 0.258 e. The third-order valence-electron chi connectivity index (χ3n) is 3.65. The van der Waals surface area contributed by atoms with Crippen LogP contribution in [0, 0.1) is 0 Å². The van der Waals surface area contributed by atoms with Gasteiger partial charge in [0.2, 0.25) is 0 Å². The van der Waals surface area contributed by atoms with Gasteiger partial charge in [-0.25, -0.2) is 0 Å². The van der Waals surface area contributed by atoms with E-state index in [4.69, 9.17) is 5.73 Å². The average Bonchev–Trinajstić information content (AvgIpc) is 2.90. The molecule has 1 amide bonds. The summed E-state index contributed by atoms with van der Waals surface area (Å²) >= 11 is 1.34. The summed E-state index contributed by atoms with van der Waals surface area (Å²) in [5.41, 5.74) is 6.45. The van der Waals surface area contributed by atoms with Gasteiger partial charge in [0.15, 0.2) is 5.82 Å². The van der Waals surface area contributed by atoms with Crippen LogP contribution in [0.25, 0.3) is 0 Å². The van der Waals surface area contributed by atoms with E-state index in [-0.39, 0.29) is 5.91 Å². The second-order valence-corrected chi connectivity index (χ2v) is 5.93. The standard InChI is InChI=1S/C12H18N4OS/c1-7-3-2-6-16(7)12-9(10(13)15-18-12)11(17)14-8-4-5-8/h7-8H,2-6H2,1H3,(H2,13,15)(H,14,17). The van der Waals surface area contributed by atoms with Gasteiger partial charge in [0.1, 0.15) is 10.6 Å². The van der Waals surface area contributed by atoms with Gasteiger partial charge in [0, 0.05) is 18.6 Å². The molecule has 98 valence electrons. The molecule has 1 aromatic heterocycles. The first-order valence-electron chi connectivity index (χ1n) is 6.49. The average molecular weight is 266 g/mol. The lowest BCUT2D eigenvalue weighted by Gasteiger charge is -2.22. The van der Waals surface area contributed by atoms with E-state index in [1.54, 1.807) is 0 Å². The molecule has 1 aliphatic carbocycles. The van der Waals surface area contributed by atoms with Crippen molar-refractivity contribution in [2.45, 2.75) is 44.7 Å². The summed E-state index contributed by atoms with van der Waals surface area (Å²) < 4.78 is 4.16. The summed E-state index contributed by atoms with van der Waals surface area (Å²) in [4.78, 5) is 14.5. The molecule has 0 aromatic carbocycles. The SMILES string of the molecule is CC1CCCN1c1snc(N)c1C(=O)NC1CC1. The number of nitrogens with two attached hydrogens (primary N) is 1. The predicted molar refractivity (Wildman–Crippen MR) is 73.1 cm³/mol. The molecule has 2 heterocycles. The zero-order valence-corrected chi connectivity index (χ0v) is 11.3. The van der Waals surface area contributed by atoms with Crippen LogP contribution in [0.15, 0.2) is 0 Å². The molecule has 1 atom stereocenters. The molecular weight excluding hydrogens is 248 g/mol. The monoisotopic (exact) mass is 266 g/mol. The summed E-state index contributed by atoms with van der Waals surface area (Å²) in [5.74, 6) is 0.310. The highest BCUT2D eigenvalue weighted by molar-refractivity contribution is 7.11. The van der Waals surface area contributed by atoms with E-state index < -0.39 is 0 Å². The van der Waals surface area contributed by atoms with E-state index in [2.05, 4.69) is 21.5 Å². The lowest BCUT2D eigenvalue weighted by atomic mass is 10.2. The van der Waals surface area contributed by atoms with Gasteiger partial charge in [-0.05, 0) is 44.1 Å². The molecule has 18 heavy (non-hydrogen) atoms. The van der Waals surface area contributed by atoms with Crippen molar-refractivity contribution in [3.63, 3.8) is 0 Å². The summed E-state index contributed by atoms with van der Waals surface area (Å²) in [6.45, 7) is 3.18. The van der Waals surface area contributed by atoms with Gasteiger partial charge in [0.25, 0.3) is 5.91 Å². The Bertz CT molecular complexity index is 469. The summed E-state index contributed by atoms with van der Waals surface area (Å²) in [5, 5.41) is 3.94. The minimum atomic E-state index is -0.0575. The Kier molecular flexibility index (Phi) is 2.89. The topological polar surface area (TPSA) is 71.2 Å². The second kappa shape index (κ2) is 4.42. The molecule has 1 aromatic rings. The smallest absolute Gasteiger partial charge is 0.258 e. The van der Waals surface area contributed by atoms with Crippen LogP contribution in [-0.4, -0.2) is 28.9 Å². The van der Waals surface area contributed by atoms with Gasteiger partial charge in [-0.1, -0.05) is 0 Å². The summed E-state index contributed by atoms with van der Waals surface area (Å²) in [6, 6.07) is 0.818. The van der Waals surface area contributed by atoms with Gasteiger partial charge in [-0.2, -0.15) is 4.37 Å². The number of amides is 1. The van der Waals surface area contributed by atoms with E-state index in [9.17, 15) is 4.79 Å². The van der Waals surface area contributed by atoms with Crippen LogP contribution >= 0.6 is 11.5 Å². The number of hydrogen-bond acceptors (Lipinski definition) is 5. The Morgan fingerprint density at radius 2 is 2.28 bits per heavy atom. The quantitative estimate of drug-likeness (QED) is 0.872. The van der Waals surface area contributed by atoms with E-state index in [0.717, 1.165) is 24.4 Å². The summed E-state index contributed by atoms with van der Waals surface area (Å²) in [6.07, 6.45) is 4.50. The Hall–Kier alpha value is -1.30. The lowest BCUT2D eigenvalue weighted by Crippen LogP contribution is -2.31. The van der Waals surface area contributed by atoms with E-state index in [0.29, 0.717) is 23.5 Å². The molecule has 1 aliphatic heterocycles. The summed E-state index contributed by atoms with van der Waals surface area (Å²) in [7, 11) is 0. The van der Waals surface area contributed by atoms with Crippen molar-refractivity contribution in [2.75, 3.05) is 17.2 Å². The maximum atomic E-state index is 12.2. The molecular formula is C12H18N4OS. The molecule has 2 fully saturated rings. The number of nitrogens with one attached hydrogen (secondary N) is 1. The van der Waals surface area contributed by atoms with Crippen LogP contribution in [0.2, 0.25) is 0 Å². The Balaban J connectivity index is 1.87. The second-order valence-electron chi connectivity index (χ2n) is 5.18. The first-order chi connectivity index (χ1) is 8.66. The number of carbonyl (C=O) groups is 1. The van der Waals surface area contributed by atoms with Crippen LogP contribution in [0.3, 0.4) is 0 Å². The van der Waals surface area contributed by atoms with Crippen molar-refractivity contribution >= 4 is 28.3 Å². The molecule has 5 nitrogen and oxygen atoms in total. The fourth-order valence-corrected chi connectivity index (χ4v) is 3.36. The highest BCUT2D eigenvalue weighted by Crippen LogP contribution is 2.35. The van der Waals surface area contributed by atoms with Crippen LogP contribution in [0.5, 0.6) is 0 Å². The normalized spacial score (nSPS) is 23.4. The van der Waals surface area contributed by atoms with Crippen LogP contribution in [-0.2, 0) is 0 Å². The number of nitrogen functional groups attached to an aromatic ring is 1. The molecule has 3 N–H and O–H groups in total. The fourth-order valence-electron chi connectivity index (χ4n) is 2.42. The minimum absolute atomic E-state index is 0.0575. The highest BCUT2D eigenvalue weighted by Gasteiger charge is 2.31. The molecule has 1 unspecified atom stereocenters. The van der Waals surface area contributed by atoms with Gasteiger partial charge in [0.05, 0.1) is 0 Å². The number of nitrogens with zero attached hydrogens (tertiary/aromatic N) is 2. The lowest BCUT2D eigenvalue weighted by molar-refractivity contribution is 0.0952. The van der Waals surface area contributed by atoms with Crippen molar-refractivity contribution in [1.82, 2.24) is 9.69 Å². The van der Waals surface area contributed by atoms with Gasteiger partial charge in [-0.15, -0.1) is 0 Å². The van der Waals surface area contributed by atoms with Gasteiger partial charge < -0.3 is 16.0 Å². The van der Waals surface area contributed by atoms with Crippen LogP contribution in [0.4, 0.5) is 10.8 Å². The van der Waals surface area contributed by atoms with Crippen LogP contribution < -0.4 is 16.0 Å². The Morgan fingerprint density at radius 1 is 1.50 bits per heavy atom. The van der Waals surface area contributed by atoms with Crippen molar-refractivity contribution in [3.05, 3.63) is 5.56 Å². The largest absolute Gasteiger partial charge is 0.382 e. The molecule has 6 heteroatoms. The number of aromatic nitrogens is 1. The zero-order chi connectivity index (χ0) is 12.7. The number of rotatable bonds is 3. The fraction of sp³-hybridized carbons (Fsp3) is 0.667. The number of carbonyl (C=O) groups excluding carboxylic acids is 1. The van der Waals surface area contributed by atoms with E-state index in [1.165, 1.54) is 24.4 Å². The molecule has 0 bridgehead atoms. The maximum absolute atomic E-state index is 12.2. The first kappa shape index (κ1) is 11.8. The Labute approximate surface area is 111 Å². The molecule has 2 aliphatic rings. The van der Waals surface area contributed by atoms with E-state index in [1.807, 2.05) is 0 Å². The third-order valence-corrected chi connectivity index (χ3v) is 4.55. The predicted octanol–water partition coefficient (Wildman–Crippen LogP) is 1.61. The van der Waals surface area contributed by atoms with Crippen molar-refractivity contribution < 1.29 is 4.79 Å². The highest BCUT2D eigenvalue weighted by atomic mass is 32.1. The molecule has 3 rings (SSSR count). The minimum Gasteiger partial charge on any atom is -0.382 e. The van der Waals surface area contributed by atoms with Crippen molar-refractivity contribution in [3.8, 4) is 0 Å². The Morgan fingerprint density at radius 3 is 2.89 bits per heavy atom. The van der Waals surface area contributed by atoms with E-state index >= 15 is 0 Å². The first-order valence-corrected chi connectivity index (χ1v) is 7.27. The molecule has 0 radical (unpaired) electrons. The number of hydrogen-bond donors (Lipinski definition) is 2. The third kappa shape index (κ3) is 2.05. The number of anilines is 2. The molecule has 0 spiro atoms. The zero-order valence-electron chi connectivity index (χ0n) is 10.5. The van der Waals surface area contributed by atoms with Crippen LogP contribution in [0.1, 0.15) is 43.0 Å². The molecule has 1 saturated heterocycles. The van der Waals surface area contributed by atoms with Gasteiger partial charge >= 0.3 is 0 Å². The van der Waals surface area contributed by atoms with Crippen molar-refractivity contribution in [2.24, 2.45) is 0 Å². The molecule has 1 saturated carbocycles. The van der Waals surface area contributed by atoms with Gasteiger partial charge in [-0.3, -0.25) is 4.79 Å². The van der Waals surface area contributed by atoms with Crippen molar-refractivity contribution in [1.29, 1.82) is 0 Å².